The van der Waals surface area contributed by atoms with E-state index in [1.807, 2.05) is 17.5 Å². The van der Waals surface area contributed by atoms with Crippen molar-refractivity contribution in [3.05, 3.63) is 39.8 Å². The first-order valence-electron chi connectivity index (χ1n) is 7.13. The van der Waals surface area contributed by atoms with E-state index >= 15 is 0 Å². The number of carbonyl (C=O) groups is 2. The second-order valence-corrected chi connectivity index (χ2v) is 6.28. The van der Waals surface area contributed by atoms with E-state index in [1.165, 1.54) is 18.4 Å². The number of aromatic amines is 1. The van der Waals surface area contributed by atoms with Gasteiger partial charge in [0, 0.05) is 16.5 Å². The Morgan fingerprint density at radius 3 is 3.00 bits per heavy atom. The minimum absolute atomic E-state index is 0.0999. The molecule has 1 aliphatic carbocycles. The molecule has 2 aromatic rings. The lowest BCUT2D eigenvalue weighted by Crippen LogP contribution is -2.30. The van der Waals surface area contributed by atoms with Crippen molar-refractivity contribution in [1.82, 2.24) is 15.5 Å². The van der Waals surface area contributed by atoms with Gasteiger partial charge in [0.2, 0.25) is 0 Å². The van der Waals surface area contributed by atoms with E-state index in [1.54, 1.807) is 6.07 Å². The van der Waals surface area contributed by atoms with Gasteiger partial charge in [-0.05, 0) is 30.4 Å². The number of nitrogens with one attached hydrogen (secondary N) is 2. The number of nitrogens with zero attached hydrogens (tertiary/aromatic N) is 1. The quantitative estimate of drug-likeness (QED) is 0.801. The van der Waals surface area contributed by atoms with E-state index in [0.717, 1.165) is 23.4 Å². The highest BCUT2D eigenvalue weighted by molar-refractivity contribution is 7.10. The zero-order chi connectivity index (χ0) is 15.5. The minimum atomic E-state index is -0.402. The van der Waals surface area contributed by atoms with Crippen LogP contribution < -0.4 is 5.32 Å². The number of ether oxygens (including phenoxy) is 1. The topological polar surface area (TPSA) is 84.1 Å². The van der Waals surface area contributed by atoms with Gasteiger partial charge in [0.05, 0.1) is 19.6 Å². The molecular formula is C15H17N3O3S. The van der Waals surface area contributed by atoms with Gasteiger partial charge < -0.3 is 10.1 Å². The summed E-state index contributed by atoms with van der Waals surface area (Å²) in [6.07, 6.45) is 2.38. The van der Waals surface area contributed by atoms with Crippen LogP contribution in [0.25, 0.3) is 0 Å². The van der Waals surface area contributed by atoms with Crippen LogP contribution in [0.15, 0.2) is 23.6 Å². The summed E-state index contributed by atoms with van der Waals surface area (Å²) in [5.74, 6) is -0.137. The number of H-pyrrole nitrogens is 1. The normalized spacial score (nSPS) is 15.3. The Hall–Kier alpha value is -2.15. The summed E-state index contributed by atoms with van der Waals surface area (Å²) in [5, 5.41) is 11.7. The lowest BCUT2D eigenvalue weighted by atomic mass is 10.1. The molecule has 1 atom stereocenters. The SMILES string of the molecule is COC(=O)CC(NC(=O)c1cc(C2CC2)[nH]n1)c1cccs1. The third kappa shape index (κ3) is 3.36. The van der Waals surface area contributed by atoms with Crippen LogP contribution in [-0.2, 0) is 9.53 Å². The Morgan fingerprint density at radius 1 is 1.55 bits per heavy atom. The molecule has 0 aliphatic heterocycles. The highest BCUT2D eigenvalue weighted by Gasteiger charge is 2.27. The van der Waals surface area contributed by atoms with E-state index < -0.39 is 6.04 Å². The maximum absolute atomic E-state index is 12.3. The second-order valence-electron chi connectivity index (χ2n) is 5.30. The standard InChI is InChI=1S/C15H17N3O3S/c1-21-14(19)8-11(13-3-2-6-22-13)16-15(20)12-7-10(17-18-12)9-4-5-9/h2-3,6-7,9,11H,4-5,8H2,1H3,(H,16,20)(H,17,18). The number of thiophene rings is 1. The van der Waals surface area contributed by atoms with Crippen LogP contribution >= 0.6 is 11.3 Å². The molecule has 7 heteroatoms. The number of methoxy groups -OCH3 is 1. The van der Waals surface area contributed by atoms with Gasteiger partial charge in [-0.15, -0.1) is 11.3 Å². The van der Waals surface area contributed by atoms with Crippen LogP contribution in [0.5, 0.6) is 0 Å². The number of hydrogen-bond donors (Lipinski definition) is 2. The van der Waals surface area contributed by atoms with Gasteiger partial charge in [0.25, 0.3) is 5.91 Å². The van der Waals surface area contributed by atoms with Crippen molar-refractivity contribution < 1.29 is 14.3 Å². The summed E-state index contributed by atoms with van der Waals surface area (Å²) < 4.78 is 4.70. The Balaban J connectivity index is 1.70. The number of aromatic nitrogens is 2. The fourth-order valence-corrected chi connectivity index (χ4v) is 3.03. The summed E-state index contributed by atoms with van der Waals surface area (Å²) >= 11 is 1.49. The molecule has 2 aromatic heterocycles. The first-order valence-corrected chi connectivity index (χ1v) is 8.01. The Kier molecular flexibility index (Phi) is 4.24. The van der Waals surface area contributed by atoms with E-state index in [2.05, 4.69) is 15.5 Å². The van der Waals surface area contributed by atoms with E-state index in [0.29, 0.717) is 11.6 Å². The molecule has 1 amide bonds. The number of amides is 1. The van der Waals surface area contributed by atoms with Crippen LogP contribution in [0.2, 0.25) is 0 Å². The number of esters is 1. The fourth-order valence-electron chi connectivity index (χ4n) is 2.25. The lowest BCUT2D eigenvalue weighted by Gasteiger charge is -2.15. The first kappa shape index (κ1) is 14.8. The van der Waals surface area contributed by atoms with Crippen molar-refractivity contribution in [3.63, 3.8) is 0 Å². The maximum Gasteiger partial charge on any atom is 0.307 e. The molecule has 1 unspecified atom stereocenters. The van der Waals surface area contributed by atoms with Crippen molar-refractivity contribution in [2.75, 3.05) is 7.11 Å². The molecule has 6 nitrogen and oxygen atoms in total. The monoisotopic (exact) mass is 319 g/mol. The summed E-state index contributed by atoms with van der Waals surface area (Å²) in [7, 11) is 1.34. The number of hydrogen-bond acceptors (Lipinski definition) is 5. The molecular weight excluding hydrogens is 302 g/mol. The molecule has 3 rings (SSSR count). The Labute approximate surface area is 131 Å². The molecule has 22 heavy (non-hydrogen) atoms. The minimum Gasteiger partial charge on any atom is -0.469 e. The van der Waals surface area contributed by atoms with Crippen LogP contribution in [0.4, 0.5) is 0 Å². The molecule has 0 radical (unpaired) electrons. The molecule has 116 valence electrons. The van der Waals surface area contributed by atoms with Gasteiger partial charge in [0.15, 0.2) is 0 Å². The van der Waals surface area contributed by atoms with Crippen molar-refractivity contribution in [3.8, 4) is 0 Å². The molecule has 0 saturated heterocycles. The van der Waals surface area contributed by atoms with Crippen LogP contribution in [0, 0.1) is 0 Å². The Bertz CT molecular complexity index is 661. The average molecular weight is 319 g/mol. The zero-order valence-corrected chi connectivity index (χ0v) is 13.0. The van der Waals surface area contributed by atoms with E-state index in [4.69, 9.17) is 4.74 Å². The van der Waals surface area contributed by atoms with Crippen molar-refractivity contribution in [1.29, 1.82) is 0 Å². The molecule has 1 saturated carbocycles. The largest absolute Gasteiger partial charge is 0.469 e. The first-order chi connectivity index (χ1) is 10.7. The highest BCUT2D eigenvalue weighted by atomic mass is 32.1. The third-order valence-electron chi connectivity index (χ3n) is 3.64. The van der Waals surface area contributed by atoms with Gasteiger partial charge in [-0.3, -0.25) is 14.7 Å². The molecule has 2 heterocycles. The highest BCUT2D eigenvalue weighted by Crippen LogP contribution is 2.39. The average Bonchev–Trinajstić information content (AvgIpc) is 3.05. The fraction of sp³-hybridized carbons (Fsp3) is 0.400. The van der Waals surface area contributed by atoms with Crippen LogP contribution in [0.1, 0.15) is 52.3 Å². The predicted octanol–water partition coefficient (Wildman–Crippen LogP) is 2.38. The van der Waals surface area contributed by atoms with Gasteiger partial charge in [-0.2, -0.15) is 5.10 Å². The van der Waals surface area contributed by atoms with Gasteiger partial charge >= 0.3 is 5.97 Å². The van der Waals surface area contributed by atoms with Crippen LogP contribution in [-0.4, -0.2) is 29.2 Å². The van der Waals surface area contributed by atoms with Gasteiger partial charge in [-0.25, -0.2) is 0 Å². The third-order valence-corrected chi connectivity index (χ3v) is 4.62. The van der Waals surface area contributed by atoms with Gasteiger partial charge in [-0.1, -0.05) is 6.07 Å². The van der Waals surface area contributed by atoms with E-state index in [-0.39, 0.29) is 18.3 Å². The molecule has 1 fully saturated rings. The zero-order valence-electron chi connectivity index (χ0n) is 12.2. The summed E-state index contributed by atoms with van der Waals surface area (Å²) in [6.45, 7) is 0. The molecule has 0 spiro atoms. The summed E-state index contributed by atoms with van der Waals surface area (Å²) in [4.78, 5) is 24.8. The number of rotatable bonds is 6. The molecule has 0 aromatic carbocycles. The smallest absolute Gasteiger partial charge is 0.307 e. The predicted molar refractivity (Wildman–Crippen MR) is 81.7 cm³/mol. The molecule has 0 bridgehead atoms. The summed E-state index contributed by atoms with van der Waals surface area (Å²) in [6, 6.07) is 5.16. The van der Waals surface area contributed by atoms with Gasteiger partial charge in [0.1, 0.15) is 5.69 Å². The van der Waals surface area contributed by atoms with Crippen LogP contribution in [0.3, 0.4) is 0 Å². The second kappa shape index (κ2) is 6.31. The van der Waals surface area contributed by atoms with E-state index in [9.17, 15) is 9.59 Å². The Morgan fingerprint density at radius 2 is 2.36 bits per heavy atom. The maximum atomic E-state index is 12.3. The molecule has 1 aliphatic rings. The number of carbonyl (C=O) groups excluding carboxylic acids is 2. The van der Waals surface area contributed by atoms with Crippen molar-refractivity contribution in [2.24, 2.45) is 0 Å². The van der Waals surface area contributed by atoms with Crippen molar-refractivity contribution in [2.45, 2.75) is 31.2 Å². The molecule has 2 N–H and O–H groups in total. The summed E-state index contributed by atoms with van der Waals surface area (Å²) in [5.41, 5.74) is 1.36. The van der Waals surface area contributed by atoms with Crippen molar-refractivity contribution >= 4 is 23.2 Å². The lowest BCUT2D eigenvalue weighted by molar-refractivity contribution is -0.141.